The van der Waals surface area contributed by atoms with Gasteiger partial charge in [-0.3, -0.25) is 24.4 Å². The number of fused-ring (bicyclic) bond motifs is 8. The molecule has 6 aromatic carbocycles. The lowest BCUT2D eigenvalue weighted by atomic mass is 9.77. The number of esters is 4. The molecule has 10 rings (SSSR count). The summed E-state index contributed by atoms with van der Waals surface area (Å²) in [5.41, 5.74) is 2.96. The van der Waals surface area contributed by atoms with Crippen molar-refractivity contribution in [3.63, 3.8) is 0 Å². The fourth-order valence-electron chi connectivity index (χ4n) is 11.1. The van der Waals surface area contributed by atoms with E-state index >= 15 is 0 Å². The Labute approximate surface area is 504 Å². The van der Waals surface area contributed by atoms with Crippen molar-refractivity contribution in [2.75, 3.05) is 37.1 Å². The number of unbranched alkanes of at least 4 members (excludes halogenated alkanes) is 2. The Hall–Kier alpha value is -7.04. The number of halogens is 2. The van der Waals surface area contributed by atoms with Crippen molar-refractivity contribution in [1.29, 1.82) is 0 Å². The van der Waals surface area contributed by atoms with Crippen LogP contribution in [0.25, 0.3) is 21.5 Å². The van der Waals surface area contributed by atoms with E-state index < -0.39 is 31.5 Å². The van der Waals surface area contributed by atoms with Crippen LogP contribution >= 0.6 is 31.9 Å². The highest BCUT2D eigenvalue weighted by atomic mass is 79.9. The molecule has 4 aliphatic rings. The Morgan fingerprint density at radius 3 is 1.45 bits per heavy atom. The quantitative estimate of drug-likeness (QED) is 0.0335. The Kier molecular flexibility index (Phi) is 17.9. The Bertz CT molecular complexity index is 3550. The molecule has 2 spiro atoms. The summed E-state index contributed by atoms with van der Waals surface area (Å²) in [7, 11) is 4.08. The minimum Gasteiger partial charge on any atom is -0.465 e. The van der Waals surface area contributed by atoms with Gasteiger partial charge in [0, 0.05) is 42.3 Å². The van der Waals surface area contributed by atoms with Crippen LogP contribution in [0, 0.1) is 5.41 Å². The number of alkyl halides is 2. The van der Waals surface area contributed by atoms with E-state index in [0.29, 0.717) is 41.9 Å². The molecule has 0 fully saturated rings. The third-order valence-electron chi connectivity index (χ3n) is 16.1. The van der Waals surface area contributed by atoms with Crippen LogP contribution in [0.4, 0.5) is 22.7 Å². The molecular weight excluding hydrogens is 1180 g/mol. The zero-order chi connectivity index (χ0) is 60.5. The molecular formula is C67H76Br2N4O10. The number of ether oxygens (including phenoxy) is 6. The van der Waals surface area contributed by atoms with Crippen LogP contribution in [-0.2, 0) is 39.5 Å². The number of carbonyl (C=O) groups is 4. The molecule has 0 radical (unpaired) electrons. The third kappa shape index (κ3) is 11.9. The SMILES string of the molecule is C=CC(=O)OCCCC.CCCCOC(=O)C(C)(Br)CC(C)(C)C(=O)Oc1ccc2ccc3c(c2c1)N=CC1(O3)N(C)c2ccccc2C1(C)C.CN1c2ccccc2C(C)(C)C12C=Nc1c(ccc3ccc(OC(=O)C(C)(C)Br)cc13)O2. The van der Waals surface area contributed by atoms with Crippen LogP contribution in [0.15, 0.2) is 132 Å². The summed E-state index contributed by atoms with van der Waals surface area (Å²) < 4.78 is 33.3. The maximum atomic E-state index is 13.4. The molecule has 6 aromatic rings. The minimum absolute atomic E-state index is 0.207. The summed E-state index contributed by atoms with van der Waals surface area (Å²) in [6, 6.07) is 35.7. The maximum Gasteiger partial charge on any atom is 0.330 e. The van der Waals surface area contributed by atoms with E-state index in [0.717, 1.165) is 64.3 Å². The first-order chi connectivity index (χ1) is 39.1. The molecule has 0 aromatic heterocycles. The lowest BCUT2D eigenvalue weighted by molar-refractivity contribution is -0.150. The molecule has 4 heterocycles. The standard InChI is InChI=1S/C34H39BrN2O5.C26H25BrN2O3.C7H12O2/c1-8-9-18-40-30(39)33(6,35)20-31(2,3)29(38)41-23-16-14-22-15-17-27-28(24(22)19-23)36-21-34(42-27)32(4,5)25-12-10-11-13-26(25)37(34)7;1-24(2)19-8-6-7-9-20(19)29(5)26(24)15-28-22-18-14-17(31-23(30)25(3,4)27)12-10-16(18)11-13-21(22)32-26;1-3-5-6-9-7(8)4-2/h10-17,19,21H,8-9,18,20H2,1-7H3;6-15H,1-5H3;4H,2-3,5-6H2,1H3. The molecule has 3 unspecified atom stereocenters. The minimum atomic E-state index is -1.02. The van der Waals surface area contributed by atoms with Crippen LogP contribution in [0.5, 0.6) is 23.0 Å². The highest BCUT2D eigenvalue weighted by Crippen LogP contribution is 2.56. The number of likely N-dealkylation sites (N-methyl/N-ethyl adjacent to an activating group) is 2. The Morgan fingerprint density at radius 1 is 0.602 bits per heavy atom. The first-order valence-corrected chi connectivity index (χ1v) is 29.7. The summed E-state index contributed by atoms with van der Waals surface area (Å²) in [5, 5.41) is 3.65. The monoisotopic (exact) mass is 1250 g/mol. The lowest BCUT2D eigenvalue weighted by Gasteiger charge is -2.45. The number of benzene rings is 6. The Balaban J connectivity index is 0.000000194. The fraction of sp³-hybridized carbons (Fsp3) is 0.403. The largest absolute Gasteiger partial charge is 0.465 e. The van der Waals surface area contributed by atoms with Crippen molar-refractivity contribution in [1.82, 2.24) is 0 Å². The van der Waals surface area contributed by atoms with E-state index in [1.54, 1.807) is 46.8 Å². The van der Waals surface area contributed by atoms with E-state index in [1.165, 1.54) is 17.2 Å². The van der Waals surface area contributed by atoms with Gasteiger partial charge in [0.05, 0.1) is 41.9 Å². The number of aliphatic imine (C=N–C) groups is 2. The van der Waals surface area contributed by atoms with Crippen molar-refractivity contribution in [2.45, 2.75) is 139 Å². The molecule has 14 nitrogen and oxygen atoms in total. The van der Waals surface area contributed by atoms with Gasteiger partial charge < -0.3 is 38.2 Å². The van der Waals surface area contributed by atoms with E-state index in [-0.39, 0.29) is 35.2 Å². The molecule has 0 N–H and O–H groups in total. The number of anilines is 2. The predicted octanol–water partition coefficient (Wildman–Crippen LogP) is 15.5. The van der Waals surface area contributed by atoms with Gasteiger partial charge in [0.25, 0.3) is 0 Å². The van der Waals surface area contributed by atoms with Crippen LogP contribution < -0.4 is 28.7 Å². The number of rotatable bonds is 14. The van der Waals surface area contributed by atoms with Crippen molar-refractivity contribution < 1.29 is 47.6 Å². The van der Waals surface area contributed by atoms with Crippen molar-refractivity contribution >= 4 is 112 Å². The van der Waals surface area contributed by atoms with E-state index in [1.807, 2.05) is 101 Å². The zero-order valence-corrected chi connectivity index (χ0v) is 53.1. The van der Waals surface area contributed by atoms with E-state index in [9.17, 15) is 19.2 Å². The molecule has 438 valence electrons. The van der Waals surface area contributed by atoms with Gasteiger partial charge in [-0.15, -0.1) is 0 Å². The zero-order valence-electron chi connectivity index (χ0n) is 49.9. The van der Waals surface area contributed by atoms with Gasteiger partial charge in [-0.1, -0.05) is 126 Å². The number of para-hydroxylation sites is 2. The van der Waals surface area contributed by atoms with Crippen LogP contribution in [-0.4, -0.2) is 83.7 Å². The summed E-state index contributed by atoms with van der Waals surface area (Å²) in [4.78, 5) is 62.8. The molecule has 83 heavy (non-hydrogen) atoms. The molecule has 3 atom stereocenters. The molecule has 4 aliphatic heterocycles. The smallest absolute Gasteiger partial charge is 0.330 e. The highest BCUT2D eigenvalue weighted by molar-refractivity contribution is 9.10. The predicted molar refractivity (Wildman–Crippen MR) is 339 cm³/mol. The molecule has 0 saturated heterocycles. The summed E-state index contributed by atoms with van der Waals surface area (Å²) in [6.07, 6.45) is 8.89. The summed E-state index contributed by atoms with van der Waals surface area (Å²) in [6.45, 7) is 25.7. The van der Waals surface area contributed by atoms with Crippen molar-refractivity contribution in [2.24, 2.45) is 15.4 Å². The van der Waals surface area contributed by atoms with E-state index in [4.69, 9.17) is 33.7 Å². The van der Waals surface area contributed by atoms with Gasteiger partial charge in [0.15, 0.2) is 0 Å². The second-order valence-electron chi connectivity index (χ2n) is 23.8. The third-order valence-corrected chi connectivity index (χ3v) is 17.0. The molecule has 0 aliphatic carbocycles. The average Bonchev–Trinajstić information content (AvgIpc) is 1.67. The Morgan fingerprint density at radius 2 is 1.02 bits per heavy atom. The van der Waals surface area contributed by atoms with Gasteiger partial charge in [0.1, 0.15) is 43.0 Å². The van der Waals surface area contributed by atoms with Crippen molar-refractivity contribution in [3.05, 3.63) is 133 Å². The molecule has 0 saturated carbocycles. The molecule has 0 amide bonds. The fourth-order valence-corrected chi connectivity index (χ4v) is 12.0. The van der Waals surface area contributed by atoms with Gasteiger partial charge >= 0.3 is 23.9 Å². The highest BCUT2D eigenvalue weighted by Gasteiger charge is 2.60. The first kappa shape index (κ1) is 62.0. The van der Waals surface area contributed by atoms with Crippen LogP contribution in [0.1, 0.15) is 119 Å². The van der Waals surface area contributed by atoms with E-state index in [2.05, 4.69) is 117 Å². The van der Waals surface area contributed by atoms with Crippen molar-refractivity contribution in [3.8, 4) is 23.0 Å². The normalized spacial score (nSPS) is 19.1. The van der Waals surface area contributed by atoms with Gasteiger partial charge in [0.2, 0.25) is 11.4 Å². The first-order valence-electron chi connectivity index (χ1n) is 28.2. The lowest BCUT2D eigenvalue weighted by Crippen LogP contribution is -2.61. The summed E-state index contributed by atoms with van der Waals surface area (Å²) in [5.74, 6) is 0.737. The maximum absolute atomic E-state index is 13.4. The topological polar surface area (TPSA) is 155 Å². The molecule has 16 heteroatoms. The number of hydrogen-bond acceptors (Lipinski definition) is 14. The second-order valence-corrected chi connectivity index (χ2v) is 27.6. The van der Waals surface area contributed by atoms with Gasteiger partial charge in [-0.05, 0) is 152 Å². The summed E-state index contributed by atoms with van der Waals surface area (Å²) >= 11 is 6.85. The average molecular weight is 1260 g/mol. The van der Waals surface area contributed by atoms with Crippen LogP contribution in [0.2, 0.25) is 0 Å². The number of carbonyl (C=O) groups excluding carboxylic acids is 4. The number of hydrogen-bond donors (Lipinski definition) is 0. The number of nitrogens with zero attached hydrogens (tertiary/aromatic N) is 4. The molecule has 0 bridgehead atoms. The van der Waals surface area contributed by atoms with Crippen LogP contribution in [0.3, 0.4) is 0 Å². The van der Waals surface area contributed by atoms with Gasteiger partial charge in [-0.25, -0.2) is 4.79 Å². The van der Waals surface area contributed by atoms with Gasteiger partial charge in [-0.2, -0.15) is 0 Å². The second kappa shape index (κ2) is 23.9.